The number of benzene rings is 2. The van der Waals surface area contributed by atoms with Gasteiger partial charge in [0.2, 0.25) is 0 Å². The van der Waals surface area contributed by atoms with Crippen LogP contribution in [0.3, 0.4) is 0 Å². The number of carbonyl (C=O) groups is 2. The molecular formula is C30H43N3O5. The molecule has 8 nitrogen and oxygen atoms in total. The first-order valence-corrected chi connectivity index (χ1v) is 13.6. The molecular weight excluding hydrogens is 482 g/mol. The van der Waals surface area contributed by atoms with Gasteiger partial charge < -0.3 is 30.1 Å². The SMILES string of the molecule is CCc1ccc(C(=O)N(C[C@@H]2CNC[C@H]2CNC(=O)[C@H](OC)c2ccccc2)C(C)C)cc1OCCCO. The average molecular weight is 526 g/mol. The maximum atomic E-state index is 13.6. The summed E-state index contributed by atoms with van der Waals surface area (Å²) in [6.07, 6.45) is 0.687. The number of aliphatic hydroxyl groups is 1. The normalized spacial score (nSPS) is 17.8. The van der Waals surface area contributed by atoms with Gasteiger partial charge in [-0.25, -0.2) is 0 Å². The summed E-state index contributed by atoms with van der Waals surface area (Å²) < 4.78 is 11.3. The van der Waals surface area contributed by atoms with Crippen molar-refractivity contribution in [2.75, 3.05) is 46.5 Å². The third-order valence-corrected chi connectivity index (χ3v) is 7.16. The van der Waals surface area contributed by atoms with Crippen LogP contribution in [0.1, 0.15) is 54.8 Å². The molecule has 1 heterocycles. The maximum absolute atomic E-state index is 13.6. The molecule has 3 N–H and O–H groups in total. The van der Waals surface area contributed by atoms with Gasteiger partial charge in [-0.05, 0) is 55.4 Å². The van der Waals surface area contributed by atoms with Crippen LogP contribution < -0.4 is 15.4 Å². The molecule has 38 heavy (non-hydrogen) atoms. The van der Waals surface area contributed by atoms with Crippen LogP contribution >= 0.6 is 0 Å². The lowest BCUT2D eigenvalue weighted by Crippen LogP contribution is -2.44. The number of aryl methyl sites for hydroxylation is 1. The first kappa shape index (κ1) is 29.6. The Bertz CT molecular complexity index is 1030. The molecule has 0 unspecified atom stereocenters. The van der Waals surface area contributed by atoms with Crippen LogP contribution in [0.2, 0.25) is 0 Å². The number of rotatable bonds is 14. The molecule has 0 aromatic heterocycles. The minimum atomic E-state index is -0.655. The van der Waals surface area contributed by atoms with E-state index >= 15 is 0 Å². The van der Waals surface area contributed by atoms with Crippen molar-refractivity contribution >= 4 is 11.8 Å². The van der Waals surface area contributed by atoms with Crippen LogP contribution in [0.25, 0.3) is 0 Å². The van der Waals surface area contributed by atoms with Gasteiger partial charge >= 0.3 is 0 Å². The third kappa shape index (κ3) is 7.79. The minimum absolute atomic E-state index is 0.0129. The summed E-state index contributed by atoms with van der Waals surface area (Å²) in [7, 11) is 1.54. The van der Waals surface area contributed by atoms with Crippen molar-refractivity contribution in [3.05, 3.63) is 65.2 Å². The van der Waals surface area contributed by atoms with E-state index in [1.165, 1.54) is 0 Å². The highest BCUT2D eigenvalue weighted by Crippen LogP contribution is 2.25. The summed E-state index contributed by atoms with van der Waals surface area (Å²) in [5.41, 5.74) is 2.45. The molecule has 0 saturated carbocycles. The smallest absolute Gasteiger partial charge is 0.254 e. The van der Waals surface area contributed by atoms with Crippen LogP contribution in [-0.4, -0.2) is 74.4 Å². The van der Waals surface area contributed by atoms with Crippen molar-refractivity contribution < 1.29 is 24.2 Å². The molecule has 0 spiro atoms. The van der Waals surface area contributed by atoms with Gasteiger partial charge in [0.25, 0.3) is 11.8 Å². The summed E-state index contributed by atoms with van der Waals surface area (Å²) >= 11 is 0. The number of methoxy groups -OCH3 is 1. The van der Waals surface area contributed by atoms with E-state index in [0.717, 1.165) is 30.6 Å². The number of aliphatic hydroxyl groups excluding tert-OH is 1. The monoisotopic (exact) mass is 525 g/mol. The maximum Gasteiger partial charge on any atom is 0.254 e. The molecule has 3 rings (SSSR count). The van der Waals surface area contributed by atoms with E-state index < -0.39 is 6.10 Å². The van der Waals surface area contributed by atoms with Crippen molar-refractivity contribution in [1.82, 2.24) is 15.5 Å². The number of nitrogens with one attached hydrogen (secondary N) is 2. The van der Waals surface area contributed by atoms with E-state index in [4.69, 9.17) is 14.6 Å². The van der Waals surface area contributed by atoms with Crippen molar-refractivity contribution in [2.24, 2.45) is 11.8 Å². The van der Waals surface area contributed by atoms with Crippen molar-refractivity contribution in [1.29, 1.82) is 0 Å². The second-order valence-electron chi connectivity index (χ2n) is 10.1. The Balaban J connectivity index is 1.66. The van der Waals surface area contributed by atoms with Gasteiger partial charge in [-0.2, -0.15) is 0 Å². The molecule has 0 aliphatic carbocycles. The summed E-state index contributed by atoms with van der Waals surface area (Å²) in [5, 5.41) is 15.6. The molecule has 2 amide bonds. The number of amides is 2. The lowest BCUT2D eigenvalue weighted by molar-refractivity contribution is -0.131. The lowest BCUT2D eigenvalue weighted by Gasteiger charge is -2.32. The largest absolute Gasteiger partial charge is 0.493 e. The van der Waals surface area contributed by atoms with Crippen LogP contribution in [0.5, 0.6) is 5.75 Å². The number of hydrogen-bond donors (Lipinski definition) is 3. The van der Waals surface area contributed by atoms with E-state index in [9.17, 15) is 9.59 Å². The van der Waals surface area contributed by atoms with Crippen LogP contribution in [-0.2, 0) is 16.0 Å². The van der Waals surface area contributed by atoms with Gasteiger partial charge in [0.15, 0.2) is 6.10 Å². The molecule has 8 heteroatoms. The van der Waals surface area contributed by atoms with Crippen LogP contribution in [0.4, 0.5) is 0 Å². The van der Waals surface area contributed by atoms with E-state index in [0.29, 0.717) is 37.4 Å². The van der Waals surface area contributed by atoms with E-state index in [1.807, 2.05) is 67.3 Å². The molecule has 2 aromatic carbocycles. The number of nitrogens with zero attached hydrogens (tertiary/aromatic N) is 1. The second-order valence-corrected chi connectivity index (χ2v) is 10.1. The molecule has 2 aromatic rings. The molecule has 0 radical (unpaired) electrons. The molecule has 1 saturated heterocycles. The van der Waals surface area contributed by atoms with E-state index in [1.54, 1.807) is 7.11 Å². The standard InChI is InChI=1S/C30H43N3O5/c1-5-22-12-13-24(16-27(22)38-15-9-14-34)30(36)33(21(2)3)20-26-18-31-17-25(26)19-32-29(35)28(37-4)23-10-7-6-8-11-23/h6-8,10-13,16,21,25-26,28,31,34H,5,9,14-15,17-20H2,1-4H3,(H,32,35)/t25-,26-,28+/m0/s1. The van der Waals surface area contributed by atoms with Gasteiger partial charge in [0, 0.05) is 57.9 Å². The van der Waals surface area contributed by atoms with Gasteiger partial charge in [-0.1, -0.05) is 43.3 Å². The third-order valence-electron chi connectivity index (χ3n) is 7.16. The number of hydrogen-bond acceptors (Lipinski definition) is 6. The van der Waals surface area contributed by atoms with Gasteiger partial charge in [-0.3, -0.25) is 9.59 Å². The summed E-state index contributed by atoms with van der Waals surface area (Å²) in [6, 6.07) is 15.1. The second kappa shape index (κ2) is 14.9. The van der Waals surface area contributed by atoms with Crippen LogP contribution in [0, 0.1) is 11.8 Å². The predicted octanol–water partition coefficient (Wildman–Crippen LogP) is 3.20. The summed E-state index contributed by atoms with van der Waals surface area (Å²) in [6.45, 7) is 9.25. The van der Waals surface area contributed by atoms with Gasteiger partial charge in [0.1, 0.15) is 5.75 Å². The Morgan fingerprint density at radius 1 is 1.13 bits per heavy atom. The summed E-state index contributed by atoms with van der Waals surface area (Å²) in [5.74, 6) is 0.902. The molecule has 0 bridgehead atoms. The fraction of sp³-hybridized carbons (Fsp3) is 0.533. The average Bonchev–Trinajstić information content (AvgIpc) is 3.38. The zero-order chi connectivity index (χ0) is 27.5. The highest BCUT2D eigenvalue weighted by molar-refractivity contribution is 5.95. The number of carbonyl (C=O) groups excluding carboxylic acids is 2. The first-order chi connectivity index (χ1) is 18.4. The lowest BCUT2D eigenvalue weighted by atomic mass is 9.94. The molecule has 1 aliphatic rings. The highest BCUT2D eigenvalue weighted by atomic mass is 16.5. The Morgan fingerprint density at radius 3 is 2.53 bits per heavy atom. The van der Waals surface area contributed by atoms with E-state index in [2.05, 4.69) is 17.6 Å². The molecule has 1 aliphatic heterocycles. The van der Waals surface area contributed by atoms with Crippen molar-refractivity contribution in [3.63, 3.8) is 0 Å². The van der Waals surface area contributed by atoms with Gasteiger partial charge in [0.05, 0.1) is 6.61 Å². The zero-order valence-corrected chi connectivity index (χ0v) is 23.1. The fourth-order valence-electron chi connectivity index (χ4n) is 4.89. The fourth-order valence-corrected chi connectivity index (χ4v) is 4.89. The predicted molar refractivity (Wildman–Crippen MR) is 148 cm³/mol. The quantitative estimate of drug-likeness (QED) is 0.328. The van der Waals surface area contributed by atoms with Crippen molar-refractivity contribution in [3.8, 4) is 5.75 Å². The molecule has 1 fully saturated rings. The minimum Gasteiger partial charge on any atom is -0.493 e. The molecule has 208 valence electrons. The Kier molecular flexibility index (Phi) is 11.6. The highest BCUT2D eigenvalue weighted by Gasteiger charge is 2.32. The Morgan fingerprint density at radius 2 is 1.87 bits per heavy atom. The Hall–Kier alpha value is -2.94. The first-order valence-electron chi connectivity index (χ1n) is 13.6. The Labute approximate surface area is 226 Å². The van der Waals surface area contributed by atoms with Gasteiger partial charge in [-0.15, -0.1) is 0 Å². The number of ether oxygens (including phenoxy) is 2. The van der Waals surface area contributed by atoms with E-state index in [-0.39, 0.29) is 36.3 Å². The van der Waals surface area contributed by atoms with Crippen molar-refractivity contribution in [2.45, 2.75) is 45.8 Å². The zero-order valence-electron chi connectivity index (χ0n) is 23.1. The summed E-state index contributed by atoms with van der Waals surface area (Å²) in [4.78, 5) is 28.4. The topological polar surface area (TPSA) is 100 Å². The molecule has 3 atom stereocenters. The van der Waals surface area contributed by atoms with Crippen LogP contribution in [0.15, 0.2) is 48.5 Å².